The zero-order valence-electron chi connectivity index (χ0n) is 11.5. The van der Waals surface area contributed by atoms with Crippen molar-refractivity contribution in [2.75, 3.05) is 13.7 Å². The maximum Gasteiger partial charge on any atom is 0.0958 e. The highest BCUT2D eigenvalue weighted by atomic mass is 32.1. The molecule has 1 aromatic heterocycles. The number of methoxy groups -OCH3 is 1. The van der Waals surface area contributed by atoms with Crippen molar-refractivity contribution in [3.05, 3.63) is 15.6 Å². The van der Waals surface area contributed by atoms with E-state index in [2.05, 4.69) is 5.32 Å². The molecular formula is C14H22N2O2S. The van der Waals surface area contributed by atoms with Crippen LogP contribution in [0.15, 0.2) is 0 Å². The van der Waals surface area contributed by atoms with E-state index in [-0.39, 0.29) is 0 Å². The van der Waals surface area contributed by atoms with Gasteiger partial charge < -0.3 is 14.8 Å². The number of nitrogens with zero attached hydrogens (tertiary/aromatic N) is 1. The van der Waals surface area contributed by atoms with Gasteiger partial charge in [0.25, 0.3) is 0 Å². The maximum absolute atomic E-state index is 5.69. The molecule has 1 aliphatic heterocycles. The van der Waals surface area contributed by atoms with Crippen LogP contribution in [0.5, 0.6) is 0 Å². The maximum atomic E-state index is 5.69. The average Bonchev–Trinajstić information content (AvgIpc) is 2.95. The Kier molecular flexibility index (Phi) is 4.48. The van der Waals surface area contributed by atoms with Gasteiger partial charge in [-0.2, -0.15) is 0 Å². The van der Waals surface area contributed by atoms with Crippen LogP contribution in [0.25, 0.3) is 0 Å². The molecule has 0 amide bonds. The molecule has 5 heteroatoms. The molecule has 1 aliphatic carbocycles. The molecule has 1 aromatic rings. The number of nitrogens with one attached hydrogen (secondary N) is 1. The van der Waals surface area contributed by atoms with Gasteiger partial charge in [0.15, 0.2) is 0 Å². The Balaban J connectivity index is 1.63. The molecule has 0 aromatic carbocycles. The number of hydrogen-bond donors (Lipinski definition) is 1. The van der Waals surface area contributed by atoms with E-state index >= 15 is 0 Å². The lowest BCUT2D eigenvalue weighted by molar-refractivity contribution is 0.111. The van der Waals surface area contributed by atoms with Crippen LogP contribution in [-0.2, 0) is 29.0 Å². The van der Waals surface area contributed by atoms with Crippen molar-refractivity contribution < 1.29 is 9.47 Å². The van der Waals surface area contributed by atoms with E-state index in [1.165, 1.54) is 35.6 Å². The van der Waals surface area contributed by atoms with Gasteiger partial charge in [-0.1, -0.05) is 0 Å². The molecular weight excluding hydrogens is 260 g/mol. The van der Waals surface area contributed by atoms with Gasteiger partial charge in [-0.3, -0.25) is 0 Å². The van der Waals surface area contributed by atoms with Crippen LogP contribution in [0.4, 0.5) is 0 Å². The van der Waals surface area contributed by atoms with Gasteiger partial charge in [-0.15, -0.1) is 11.3 Å². The highest BCUT2D eigenvalue weighted by Crippen LogP contribution is 2.26. The van der Waals surface area contributed by atoms with Gasteiger partial charge in [-0.25, -0.2) is 4.98 Å². The third-order valence-electron chi connectivity index (χ3n) is 3.66. The highest BCUT2D eigenvalue weighted by Gasteiger charge is 2.23. The first-order valence-corrected chi connectivity index (χ1v) is 7.98. The molecule has 0 radical (unpaired) electrons. The monoisotopic (exact) mass is 282 g/mol. The van der Waals surface area contributed by atoms with E-state index in [9.17, 15) is 0 Å². The van der Waals surface area contributed by atoms with Crippen molar-refractivity contribution in [2.24, 2.45) is 0 Å². The van der Waals surface area contributed by atoms with E-state index in [0.29, 0.717) is 12.7 Å². The summed E-state index contributed by atoms with van der Waals surface area (Å²) in [6, 6.07) is 0.735. The van der Waals surface area contributed by atoms with Gasteiger partial charge in [0.2, 0.25) is 0 Å². The third kappa shape index (κ3) is 3.75. The summed E-state index contributed by atoms with van der Waals surface area (Å²) >= 11 is 1.82. The van der Waals surface area contributed by atoms with Gasteiger partial charge in [-0.05, 0) is 25.7 Å². The van der Waals surface area contributed by atoms with Gasteiger partial charge in [0.1, 0.15) is 0 Å². The summed E-state index contributed by atoms with van der Waals surface area (Å²) in [6.07, 6.45) is 6.35. The molecule has 1 saturated carbocycles. The van der Waals surface area contributed by atoms with Crippen LogP contribution in [-0.4, -0.2) is 30.8 Å². The van der Waals surface area contributed by atoms with E-state index < -0.39 is 0 Å². The first kappa shape index (κ1) is 13.5. The summed E-state index contributed by atoms with van der Waals surface area (Å²) in [7, 11) is 1.73. The van der Waals surface area contributed by atoms with Crippen LogP contribution >= 0.6 is 11.3 Å². The average molecular weight is 282 g/mol. The Labute approximate surface area is 118 Å². The fourth-order valence-electron chi connectivity index (χ4n) is 2.44. The number of rotatable bonds is 7. The Morgan fingerprint density at radius 3 is 3.00 bits per heavy atom. The summed E-state index contributed by atoms with van der Waals surface area (Å²) in [5, 5.41) is 4.76. The predicted octanol–water partition coefficient (Wildman–Crippen LogP) is 2.26. The molecule has 2 heterocycles. The molecule has 0 spiro atoms. The minimum absolute atomic E-state index is 0.380. The number of thiazole rings is 1. The topological polar surface area (TPSA) is 43.4 Å². The largest absolute Gasteiger partial charge is 0.378 e. The van der Waals surface area contributed by atoms with Crippen LogP contribution in [0.3, 0.4) is 0 Å². The van der Waals surface area contributed by atoms with Crippen LogP contribution < -0.4 is 5.32 Å². The third-order valence-corrected chi connectivity index (χ3v) is 4.78. The molecule has 3 rings (SSSR count). The number of hydrogen-bond acceptors (Lipinski definition) is 5. The van der Waals surface area contributed by atoms with Crippen LogP contribution in [0, 0.1) is 0 Å². The van der Waals surface area contributed by atoms with Gasteiger partial charge in [0.05, 0.1) is 23.4 Å². The molecule has 106 valence electrons. The normalized spacial score (nSPS) is 23.1. The summed E-state index contributed by atoms with van der Waals surface area (Å²) in [4.78, 5) is 6.07. The Bertz CT molecular complexity index is 412. The molecule has 19 heavy (non-hydrogen) atoms. The second-order valence-corrected chi connectivity index (χ2v) is 6.57. The second-order valence-electron chi connectivity index (χ2n) is 5.40. The SMILES string of the molecule is COCc1nc(CC2CCCO2)sc1CNC1CC1. The van der Waals surface area contributed by atoms with Crippen LogP contribution in [0.2, 0.25) is 0 Å². The number of aromatic nitrogens is 1. The van der Waals surface area contributed by atoms with Crippen LogP contribution in [0.1, 0.15) is 41.3 Å². The Morgan fingerprint density at radius 1 is 1.42 bits per heavy atom. The van der Waals surface area contributed by atoms with E-state index in [4.69, 9.17) is 14.5 Å². The van der Waals surface area contributed by atoms with Crippen molar-refractivity contribution in [2.45, 2.75) is 57.4 Å². The predicted molar refractivity (Wildman–Crippen MR) is 75.4 cm³/mol. The summed E-state index contributed by atoms with van der Waals surface area (Å²) in [6.45, 7) is 2.47. The molecule has 1 unspecified atom stereocenters. The Morgan fingerprint density at radius 2 is 2.32 bits per heavy atom. The Hall–Kier alpha value is -0.490. The van der Waals surface area contributed by atoms with Crippen molar-refractivity contribution in [3.63, 3.8) is 0 Å². The number of ether oxygens (including phenoxy) is 2. The van der Waals surface area contributed by atoms with E-state index in [1.54, 1.807) is 7.11 Å². The smallest absolute Gasteiger partial charge is 0.0958 e. The molecule has 2 fully saturated rings. The molecule has 1 atom stereocenters. The molecule has 2 aliphatic rings. The lowest BCUT2D eigenvalue weighted by atomic mass is 10.2. The standard InChI is InChI=1S/C14H22N2O2S/c1-17-9-12-13(8-15-10-4-5-10)19-14(16-12)7-11-3-2-6-18-11/h10-11,15H,2-9H2,1H3. The molecule has 4 nitrogen and oxygen atoms in total. The zero-order valence-corrected chi connectivity index (χ0v) is 12.3. The van der Waals surface area contributed by atoms with Gasteiger partial charge >= 0.3 is 0 Å². The van der Waals surface area contributed by atoms with E-state index in [1.807, 2.05) is 11.3 Å². The van der Waals surface area contributed by atoms with Gasteiger partial charge in [0, 0.05) is 37.6 Å². The summed E-state index contributed by atoms with van der Waals surface area (Å²) in [5.74, 6) is 0. The first-order chi connectivity index (χ1) is 9.35. The second kappa shape index (κ2) is 6.31. The minimum Gasteiger partial charge on any atom is -0.378 e. The zero-order chi connectivity index (χ0) is 13.1. The highest BCUT2D eigenvalue weighted by molar-refractivity contribution is 7.11. The molecule has 1 saturated heterocycles. The fourth-order valence-corrected chi connectivity index (χ4v) is 3.52. The first-order valence-electron chi connectivity index (χ1n) is 7.16. The summed E-state index contributed by atoms with van der Waals surface area (Å²) in [5.41, 5.74) is 1.11. The quantitative estimate of drug-likeness (QED) is 0.833. The molecule has 0 bridgehead atoms. The molecule has 1 N–H and O–H groups in total. The minimum atomic E-state index is 0.380. The summed E-state index contributed by atoms with van der Waals surface area (Å²) < 4.78 is 11.0. The van der Waals surface area contributed by atoms with E-state index in [0.717, 1.165) is 31.3 Å². The van der Waals surface area contributed by atoms with Crippen molar-refractivity contribution >= 4 is 11.3 Å². The van der Waals surface area contributed by atoms with Crippen molar-refractivity contribution in [1.82, 2.24) is 10.3 Å². The van der Waals surface area contributed by atoms with Crippen molar-refractivity contribution in [3.8, 4) is 0 Å². The lowest BCUT2D eigenvalue weighted by Crippen LogP contribution is -2.15. The fraction of sp³-hybridized carbons (Fsp3) is 0.786. The lowest BCUT2D eigenvalue weighted by Gasteiger charge is -2.05. The van der Waals surface area contributed by atoms with Crippen molar-refractivity contribution in [1.29, 1.82) is 0 Å².